The third kappa shape index (κ3) is 2.45. The van der Waals surface area contributed by atoms with Gasteiger partial charge in [0.25, 0.3) is 0 Å². The van der Waals surface area contributed by atoms with E-state index in [1.54, 1.807) is 0 Å². The van der Waals surface area contributed by atoms with Gasteiger partial charge in [-0.05, 0) is 46.1 Å². The van der Waals surface area contributed by atoms with E-state index in [9.17, 15) is 4.79 Å². The van der Waals surface area contributed by atoms with E-state index in [0.717, 1.165) is 32.4 Å². The monoisotopic (exact) mass is 300 g/mol. The minimum absolute atomic E-state index is 0.0210. The molecular weight excluding hydrogens is 272 g/mol. The third-order valence-electron chi connectivity index (χ3n) is 5.47. The lowest BCUT2D eigenvalue weighted by Gasteiger charge is -2.54. The molecule has 120 valence electrons. The fraction of sp³-hybridized carbons (Fsp3) is 0.632. The Morgan fingerprint density at radius 3 is 2.27 bits per heavy atom. The first-order chi connectivity index (χ1) is 10.3. The van der Waals surface area contributed by atoms with E-state index < -0.39 is 0 Å². The number of carbonyl (C=O) groups excluding carboxylic acids is 1. The summed E-state index contributed by atoms with van der Waals surface area (Å²) in [7, 11) is 0. The number of rotatable bonds is 2. The topological polar surface area (TPSA) is 32.3 Å². The van der Waals surface area contributed by atoms with Gasteiger partial charge >= 0.3 is 0 Å². The van der Waals surface area contributed by atoms with Gasteiger partial charge in [0.2, 0.25) is 5.91 Å². The molecule has 3 nitrogen and oxygen atoms in total. The van der Waals surface area contributed by atoms with E-state index in [1.165, 1.54) is 5.56 Å². The van der Waals surface area contributed by atoms with Gasteiger partial charge in [0.1, 0.15) is 0 Å². The standard InChI is InChI=1S/C19H28N2O/c1-17(2)14-21(18(3,4)13-20-17)16(22)19(11-8-12-19)15-9-6-5-7-10-15/h5-7,9-10,20H,8,11-14H2,1-4H3. The predicted octanol–water partition coefficient (Wildman–Crippen LogP) is 3.10. The minimum Gasteiger partial charge on any atom is -0.334 e. The highest BCUT2D eigenvalue weighted by Gasteiger charge is 2.52. The second kappa shape index (κ2) is 5.09. The molecule has 0 aromatic heterocycles. The molecule has 1 saturated heterocycles. The van der Waals surface area contributed by atoms with Crippen molar-refractivity contribution in [3.8, 4) is 0 Å². The van der Waals surface area contributed by atoms with E-state index in [-0.39, 0.29) is 16.5 Å². The van der Waals surface area contributed by atoms with E-state index >= 15 is 0 Å². The van der Waals surface area contributed by atoms with Crippen LogP contribution in [0.15, 0.2) is 30.3 Å². The Kier molecular flexibility index (Phi) is 3.59. The molecule has 1 aromatic carbocycles. The average molecular weight is 300 g/mol. The molecule has 1 aliphatic carbocycles. The van der Waals surface area contributed by atoms with Gasteiger partial charge in [-0.1, -0.05) is 36.8 Å². The van der Waals surface area contributed by atoms with E-state index in [0.29, 0.717) is 5.91 Å². The van der Waals surface area contributed by atoms with Crippen LogP contribution >= 0.6 is 0 Å². The number of carbonyl (C=O) groups is 1. The van der Waals surface area contributed by atoms with Crippen molar-refractivity contribution in [2.24, 2.45) is 0 Å². The molecule has 1 aromatic rings. The van der Waals surface area contributed by atoms with Crippen molar-refractivity contribution in [1.29, 1.82) is 0 Å². The molecule has 0 radical (unpaired) electrons. The van der Waals surface area contributed by atoms with Gasteiger partial charge in [-0.3, -0.25) is 4.79 Å². The molecule has 3 rings (SSSR count). The molecule has 22 heavy (non-hydrogen) atoms. The van der Waals surface area contributed by atoms with Crippen molar-refractivity contribution < 1.29 is 4.79 Å². The van der Waals surface area contributed by atoms with Crippen molar-refractivity contribution in [2.75, 3.05) is 13.1 Å². The van der Waals surface area contributed by atoms with Crippen LogP contribution in [0.1, 0.15) is 52.5 Å². The van der Waals surface area contributed by atoms with E-state index in [1.807, 2.05) is 6.07 Å². The Balaban J connectivity index is 1.94. The molecule has 0 atom stereocenters. The van der Waals surface area contributed by atoms with Crippen molar-refractivity contribution in [2.45, 2.75) is 63.5 Å². The molecule has 1 heterocycles. The number of hydrogen-bond donors (Lipinski definition) is 1. The highest BCUT2D eigenvalue weighted by atomic mass is 16.2. The Morgan fingerprint density at radius 1 is 1.09 bits per heavy atom. The molecule has 1 saturated carbocycles. The van der Waals surface area contributed by atoms with Gasteiger partial charge in [-0.25, -0.2) is 0 Å². The fourth-order valence-electron chi connectivity index (χ4n) is 3.73. The highest BCUT2D eigenvalue weighted by Crippen LogP contribution is 2.46. The van der Waals surface area contributed by atoms with Crippen molar-refractivity contribution in [1.82, 2.24) is 10.2 Å². The van der Waals surface area contributed by atoms with Gasteiger partial charge in [0, 0.05) is 24.2 Å². The molecule has 1 aliphatic heterocycles. The number of nitrogens with one attached hydrogen (secondary N) is 1. The van der Waals surface area contributed by atoms with Gasteiger partial charge in [0.05, 0.1) is 5.41 Å². The quantitative estimate of drug-likeness (QED) is 0.910. The van der Waals surface area contributed by atoms with Crippen molar-refractivity contribution in [3.63, 3.8) is 0 Å². The zero-order valence-electron chi connectivity index (χ0n) is 14.3. The van der Waals surface area contributed by atoms with Gasteiger partial charge in [0.15, 0.2) is 0 Å². The molecule has 0 bridgehead atoms. The zero-order chi connectivity index (χ0) is 16.0. The summed E-state index contributed by atoms with van der Waals surface area (Å²) in [6.45, 7) is 10.3. The molecule has 2 fully saturated rings. The first kappa shape index (κ1) is 15.5. The van der Waals surface area contributed by atoms with Crippen LogP contribution in [0.2, 0.25) is 0 Å². The molecule has 0 unspecified atom stereocenters. The van der Waals surface area contributed by atoms with Gasteiger partial charge in [-0.15, -0.1) is 0 Å². The van der Waals surface area contributed by atoms with Crippen LogP contribution in [0.4, 0.5) is 0 Å². The number of hydrogen-bond acceptors (Lipinski definition) is 2. The first-order valence-corrected chi connectivity index (χ1v) is 8.40. The number of nitrogens with zero attached hydrogens (tertiary/aromatic N) is 1. The Bertz CT molecular complexity index is 558. The van der Waals surface area contributed by atoms with E-state index in [4.69, 9.17) is 0 Å². The molecule has 1 N–H and O–H groups in total. The maximum Gasteiger partial charge on any atom is 0.233 e. The first-order valence-electron chi connectivity index (χ1n) is 8.40. The Hall–Kier alpha value is -1.35. The maximum atomic E-state index is 13.5. The summed E-state index contributed by atoms with van der Waals surface area (Å²) in [5, 5.41) is 3.57. The van der Waals surface area contributed by atoms with Crippen LogP contribution in [0.3, 0.4) is 0 Å². The number of benzene rings is 1. The average Bonchev–Trinajstić information content (AvgIpc) is 2.42. The zero-order valence-corrected chi connectivity index (χ0v) is 14.3. The lowest BCUT2D eigenvalue weighted by molar-refractivity contribution is -0.150. The largest absolute Gasteiger partial charge is 0.334 e. The van der Waals surface area contributed by atoms with Crippen LogP contribution < -0.4 is 5.32 Å². The van der Waals surface area contributed by atoms with E-state index in [2.05, 4.69) is 62.2 Å². The SMILES string of the molecule is CC1(C)CN(C(=O)C2(c3ccccc3)CCC2)C(C)(C)CN1. The fourth-order valence-corrected chi connectivity index (χ4v) is 3.73. The number of amides is 1. The molecule has 2 aliphatic rings. The minimum atomic E-state index is -0.286. The second-order valence-corrected chi connectivity index (χ2v) is 8.24. The summed E-state index contributed by atoms with van der Waals surface area (Å²) < 4.78 is 0. The summed E-state index contributed by atoms with van der Waals surface area (Å²) in [4.78, 5) is 15.6. The molecule has 1 amide bonds. The van der Waals surface area contributed by atoms with Crippen LogP contribution in [-0.2, 0) is 10.2 Å². The van der Waals surface area contributed by atoms with Crippen LogP contribution in [0.5, 0.6) is 0 Å². The molecular formula is C19H28N2O. The van der Waals surface area contributed by atoms with Gasteiger partial charge in [-0.2, -0.15) is 0 Å². The smallest absolute Gasteiger partial charge is 0.233 e. The molecule has 3 heteroatoms. The summed E-state index contributed by atoms with van der Waals surface area (Å²) in [6, 6.07) is 10.4. The summed E-state index contributed by atoms with van der Waals surface area (Å²) >= 11 is 0. The Labute approximate surface area is 134 Å². The highest BCUT2D eigenvalue weighted by molar-refractivity contribution is 5.90. The van der Waals surface area contributed by atoms with Crippen molar-refractivity contribution in [3.05, 3.63) is 35.9 Å². The summed E-state index contributed by atoms with van der Waals surface area (Å²) in [6.07, 6.45) is 3.11. The number of piperazine rings is 1. The van der Waals surface area contributed by atoms with Crippen molar-refractivity contribution >= 4 is 5.91 Å². The van der Waals surface area contributed by atoms with Crippen LogP contribution in [0.25, 0.3) is 0 Å². The maximum absolute atomic E-state index is 13.5. The second-order valence-electron chi connectivity index (χ2n) is 8.24. The van der Waals surface area contributed by atoms with Crippen LogP contribution in [-0.4, -0.2) is 35.0 Å². The lowest BCUT2D eigenvalue weighted by Crippen LogP contribution is -2.70. The molecule has 0 spiro atoms. The summed E-state index contributed by atoms with van der Waals surface area (Å²) in [5.41, 5.74) is 0.751. The normalized spacial score (nSPS) is 25.4. The Morgan fingerprint density at radius 2 is 1.73 bits per heavy atom. The lowest BCUT2D eigenvalue weighted by atomic mass is 9.63. The predicted molar refractivity (Wildman–Crippen MR) is 89.8 cm³/mol. The third-order valence-corrected chi connectivity index (χ3v) is 5.47. The van der Waals surface area contributed by atoms with Crippen LogP contribution in [0, 0.1) is 0 Å². The summed E-state index contributed by atoms with van der Waals surface area (Å²) in [5.74, 6) is 0.324. The van der Waals surface area contributed by atoms with Gasteiger partial charge < -0.3 is 10.2 Å².